The summed E-state index contributed by atoms with van der Waals surface area (Å²) in [6, 6.07) is 4.20. The Hall–Kier alpha value is -3.66. The van der Waals surface area contributed by atoms with Crippen LogP contribution < -0.4 is 15.5 Å². The molecule has 1 atom stereocenters. The summed E-state index contributed by atoms with van der Waals surface area (Å²) < 4.78 is 19.1. The second-order valence-electron chi connectivity index (χ2n) is 9.51. The number of hydrogen-bond donors (Lipinski definition) is 2. The van der Waals surface area contributed by atoms with Crippen LogP contribution in [0, 0.1) is 11.3 Å². The number of piperazine rings is 1. The highest BCUT2D eigenvalue weighted by atomic mass is 19.1. The Labute approximate surface area is 221 Å². The quantitative estimate of drug-likeness (QED) is 0.375. The topological polar surface area (TPSA) is 127 Å². The van der Waals surface area contributed by atoms with Gasteiger partial charge in [-0.15, -0.1) is 0 Å². The van der Waals surface area contributed by atoms with Crippen LogP contribution in [0.5, 0.6) is 0 Å². The van der Waals surface area contributed by atoms with Gasteiger partial charge < -0.3 is 15.0 Å². The average Bonchev–Trinajstić information content (AvgIpc) is 2.93. The molecule has 0 aliphatic carbocycles. The lowest BCUT2D eigenvalue weighted by atomic mass is 9.97. The smallest absolute Gasteiger partial charge is 0.329 e. The number of nitrogens with zero attached hydrogens (tertiary/aromatic N) is 6. The Morgan fingerprint density at radius 2 is 2.11 bits per heavy atom. The van der Waals surface area contributed by atoms with Crippen LogP contribution in [0.1, 0.15) is 33.6 Å². The maximum absolute atomic E-state index is 14.1. The Kier molecular flexibility index (Phi) is 9.17. The first-order valence-electron chi connectivity index (χ1n) is 12.6. The van der Waals surface area contributed by atoms with Crippen molar-refractivity contribution < 1.29 is 18.7 Å². The number of urea groups is 1. The zero-order valence-electron chi connectivity index (χ0n) is 21.7. The monoisotopic (exact) mass is 524 g/mol. The fraction of sp³-hybridized carbons (Fsp3) is 0.500. The van der Waals surface area contributed by atoms with Gasteiger partial charge in [-0.05, 0) is 37.1 Å². The number of pyridine rings is 2. The summed E-state index contributed by atoms with van der Waals surface area (Å²) in [4.78, 5) is 40.0. The summed E-state index contributed by atoms with van der Waals surface area (Å²) in [5, 5.41) is 15.2. The average molecular weight is 525 g/mol. The number of carbonyl (C=O) groups is 2. The van der Waals surface area contributed by atoms with Crippen LogP contribution in [-0.4, -0.2) is 98.3 Å². The minimum absolute atomic E-state index is 0.195. The van der Waals surface area contributed by atoms with Gasteiger partial charge in [-0.2, -0.15) is 5.26 Å². The van der Waals surface area contributed by atoms with E-state index < -0.39 is 18.7 Å². The van der Waals surface area contributed by atoms with Crippen LogP contribution in [0.2, 0.25) is 0 Å². The van der Waals surface area contributed by atoms with E-state index in [0.29, 0.717) is 50.1 Å². The van der Waals surface area contributed by atoms with Gasteiger partial charge in [-0.1, -0.05) is 0 Å². The number of methoxy groups -OCH3 is 1. The molecule has 2 amide bonds. The van der Waals surface area contributed by atoms with Crippen molar-refractivity contribution in [1.29, 1.82) is 5.26 Å². The molecule has 1 saturated heterocycles. The Balaban J connectivity index is 1.58. The lowest BCUT2D eigenvalue weighted by molar-refractivity contribution is 0.111. The molecule has 202 valence electrons. The molecule has 2 aliphatic heterocycles. The van der Waals surface area contributed by atoms with E-state index in [2.05, 4.69) is 43.5 Å². The highest BCUT2D eigenvalue weighted by Gasteiger charge is 2.34. The molecule has 38 heavy (non-hydrogen) atoms. The summed E-state index contributed by atoms with van der Waals surface area (Å²) >= 11 is 0. The zero-order valence-corrected chi connectivity index (χ0v) is 21.7. The van der Waals surface area contributed by atoms with Crippen LogP contribution in [0.4, 0.5) is 26.5 Å². The first-order chi connectivity index (χ1) is 18.5. The number of fused-ring (bicyclic) bond motifs is 1. The van der Waals surface area contributed by atoms with Crippen molar-refractivity contribution in [2.75, 3.05) is 75.7 Å². The number of likely N-dealkylation sites (N-methyl/N-ethyl adjacent to an activating group) is 1. The molecule has 0 radical (unpaired) electrons. The van der Waals surface area contributed by atoms with E-state index in [-0.39, 0.29) is 17.3 Å². The summed E-state index contributed by atoms with van der Waals surface area (Å²) in [6.45, 7) is 4.42. The molecule has 0 bridgehead atoms. The molecule has 2 N–H and O–H groups in total. The molecule has 0 spiro atoms. The number of hydrogen-bond acceptors (Lipinski definition) is 9. The Morgan fingerprint density at radius 1 is 1.32 bits per heavy atom. The number of ether oxygens (including phenoxy) is 1. The van der Waals surface area contributed by atoms with Crippen molar-refractivity contribution >= 4 is 29.6 Å². The van der Waals surface area contributed by atoms with Gasteiger partial charge in [0.1, 0.15) is 30.1 Å². The third kappa shape index (κ3) is 6.24. The molecule has 1 fully saturated rings. The van der Waals surface area contributed by atoms with E-state index in [1.165, 1.54) is 11.1 Å². The largest absolute Gasteiger partial charge is 0.383 e. The molecule has 2 aromatic rings. The van der Waals surface area contributed by atoms with E-state index in [1.54, 1.807) is 13.2 Å². The number of anilines is 3. The van der Waals surface area contributed by atoms with Gasteiger partial charge in [0.2, 0.25) is 0 Å². The molecule has 1 unspecified atom stereocenters. The normalized spacial score (nSPS) is 17.9. The predicted octanol–water partition coefficient (Wildman–Crippen LogP) is 2.29. The van der Waals surface area contributed by atoms with E-state index in [1.807, 2.05) is 6.07 Å². The van der Waals surface area contributed by atoms with Crippen molar-refractivity contribution in [3.8, 4) is 6.07 Å². The standard InChI is InChI=1S/C26H33FN8O3/c1-33-6-8-34(9-7-33)16-19-11-18-3-4-21(13-27)35(25(18)31-23(19)17-36)26(37)32-24-12-22(29-5-10-38-2)20(14-28)15-30-24/h11-12,15,17,21H,3-10,13,16H2,1-2H3,(H2,29,30,32,37). The fourth-order valence-corrected chi connectivity index (χ4v) is 4.72. The van der Waals surface area contributed by atoms with Crippen molar-refractivity contribution in [2.24, 2.45) is 0 Å². The van der Waals surface area contributed by atoms with Crippen molar-refractivity contribution in [3.63, 3.8) is 0 Å². The molecule has 4 heterocycles. The highest BCUT2D eigenvalue weighted by molar-refractivity contribution is 6.02. The van der Waals surface area contributed by atoms with Gasteiger partial charge in [0, 0.05) is 58.6 Å². The number of aryl methyl sites for hydroxylation is 1. The minimum atomic E-state index is -0.751. The highest BCUT2D eigenvalue weighted by Crippen LogP contribution is 2.32. The first-order valence-corrected chi connectivity index (χ1v) is 12.6. The SMILES string of the molecule is COCCNc1cc(NC(=O)N2c3nc(C=O)c(CN4CCN(C)CC4)cc3CCC2CF)ncc1C#N. The Morgan fingerprint density at radius 3 is 2.79 bits per heavy atom. The lowest BCUT2D eigenvalue weighted by Crippen LogP contribution is -2.48. The van der Waals surface area contributed by atoms with Crippen LogP contribution in [0.3, 0.4) is 0 Å². The van der Waals surface area contributed by atoms with E-state index in [0.717, 1.165) is 37.3 Å². The molecule has 12 heteroatoms. The third-order valence-electron chi connectivity index (χ3n) is 6.91. The summed E-state index contributed by atoms with van der Waals surface area (Å²) in [7, 11) is 3.66. The summed E-state index contributed by atoms with van der Waals surface area (Å²) in [6.07, 6.45) is 3.03. The third-order valence-corrected chi connectivity index (χ3v) is 6.91. The number of aromatic nitrogens is 2. The van der Waals surface area contributed by atoms with Crippen LogP contribution in [0.15, 0.2) is 18.3 Å². The van der Waals surface area contributed by atoms with Gasteiger partial charge in [-0.25, -0.2) is 19.2 Å². The number of nitriles is 1. The lowest BCUT2D eigenvalue weighted by Gasteiger charge is -2.36. The fourth-order valence-electron chi connectivity index (χ4n) is 4.72. The van der Waals surface area contributed by atoms with Gasteiger partial charge in [0.25, 0.3) is 0 Å². The maximum atomic E-state index is 14.1. The maximum Gasteiger partial charge on any atom is 0.329 e. The van der Waals surface area contributed by atoms with Crippen molar-refractivity contribution in [2.45, 2.75) is 25.4 Å². The molecular weight excluding hydrogens is 491 g/mol. The molecule has 0 aromatic carbocycles. The number of rotatable bonds is 9. The van der Waals surface area contributed by atoms with Crippen LogP contribution >= 0.6 is 0 Å². The van der Waals surface area contributed by atoms with Gasteiger partial charge in [0.05, 0.1) is 23.9 Å². The predicted molar refractivity (Wildman–Crippen MR) is 141 cm³/mol. The molecular formula is C26H33FN8O3. The summed E-state index contributed by atoms with van der Waals surface area (Å²) in [5.74, 6) is 0.480. The van der Waals surface area contributed by atoms with E-state index in [9.17, 15) is 19.2 Å². The first kappa shape index (κ1) is 27.4. The zero-order chi connectivity index (χ0) is 27.1. The summed E-state index contributed by atoms with van der Waals surface area (Å²) in [5.41, 5.74) is 2.67. The second kappa shape index (κ2) is 12.7. The van der Waals surface area contributed by atoms with Gasteiger partial charge >= 0.3 is 6.03 Å². The van der Waals surface area contributed by atoms with Crippen LogP contribution in [0.25, 0.3) is 0 Å². The molecule has 2 aliphatic rings. The number of halogens is 1. The molecule has 2 aromatic heterocycles. The molecule has 0 saturated carbocycles. The minimum Gasteiger partial charge on any atom is -0.383 e. The Bertz CT molecular complexity index is 1200. The molecule has 11 nitrogen and oxygen atoms in total. The van der Waals surface area contributed by atoms with Crippen molar-refractivity contribution in [1.82, 2.24) is 19.8 Å². The van der Waals surface area contributed by atoms with E-state index in [4.69, 9.17) is 4.74 Å². The van der Waals surface area contributed by atoms with Crippen molar-refractivity contribution in [3.05, 3.63) is 40.7 Å². The van der Waals surface area contributed by atoms with Gasteiger partial charge in [-0.3, -0.25) is 19.9 Å². The number of alkyl halides is 1. The number of nitrogens with one attached hydrogen (secondary N) is 2. The number of carbonyl (C=O) groups excluding carboxylic acids is 2. The second-order valence-corrected chi connectivity index (χ2v) is 9.51. The number of aldehydes is 1. The number of amides is 2. The van der Waals surface area contributed by atoms with Gasteiger partial charge in [0.15, 0.2) is 6.29 Å². The van der Waals surface area contributed by atoms with Crippen LogP contribution in [-0.2, 0) is 17.7 Å². The van der Waals surface area contributed by atoms with E-state index >= 15 is 0 Å². The molecule has 4 rings (SSSR count).